The van der Waals surface area contributed by atoms with Gasteiger partial charge in [-0.05, 0) is 78.2 Å². The van der Waals surface area contributed by atoms with Gasteiger partial charge >= 0.3 is 0 Å². The van der Waals surface area contributed by atoms with Crippen LogP contribution < -0.4 is 0 Å². The third kappa shape index (κ3) is 5.36. The molecule has 30 heavy (non-hydrogen) atoms. The maximum Gasteiger partial charge on any atom is 0.272 e. The van der Waals surface area contributed by atoms with Crippen molar-refractivity contribution >= 4 is 18.2 Å². The molecule has 0 spiro atoms. The SMILES string of the molecule is CC(C)(C)[Si](C)(C)OCC1CCC(CS(=O)(=O)c2nnnn2-c2ccccc2)CC1. The number of rotatable bonds is 7. The Hall–Kier alpha value is -1.58. The molecular weight excluding hydrogens is 416 g/mol. The molecule has 1 aromatic heterocycles. The van der Waals surface area contributed by atoms with Gasteiger partial charge < -0.3 is 4.43 Å². The molecule has 0 radical (unpaired) electrons. The van der Waals surface area contributed by atoms with Crippen LogP contribution in [0.25, 0.3) is 5.69 Å². The second-order valence-electron chi connectivity index (χ2n) is 9.95. The van der Waals surface area contributed by atoms with E-state index in [0.29, 0.717) is 11.6 Å². The van der Waals surface area contributed by atoms with Crippen molar-refractivity contribution in [3.63, 3.8) is 0 Å². The fraction of sp³-hybridized carbons (Fsp3) is 0.667. The molecule has 1 aromatic carbocycles. The van der Waals surface area contributed by atoms with Gasteiger partial charge in [0.1, 0.15) is 0 Å². The minimum Gasteiger partial charge on any atom is -0.417 e. The van der Waals surface area contributed by atoms with Crippen LogP contribution >= 0.6 is 0 Å². The average Bonchev–Trinajstić information content (AvgIpc) is 3.18. The Morgan fingerprint density at radius 1 is 1.07 bits per heavy atom. The van der Waals surface area contributed by atoms with Crippen molar-refractivity contribution < 1.29 is 12.8 Å². The molecule has 7 nitrogen and oxygen atoms in total. The van der Waals surface area contributed by atoms with E-state index in [9.17, 15) is 8.42 Å². The first-order chi connectivity index (χ1) is 14.0. The highest BCUT2D eigenvalue weighted by molar-refractivity contribution is 7.91. The van der Waals surface area contributed by atoms with Crippen molar-refractivity contribution in [2.24, 2.45) is 11.8 Å². The number of sulfone groups is 1. The molecule has 0 bridgehead atoms. The van der Waals surface area contributed by atoms with E-state index in [0.717, 1.165) is 32.3 Å². The van der Waals surface area contributed by atoms with Crippen LogP contribution in [-0.2, 0) is 14.3 Å². The first-order valence-electron chi connectivity index (χ1n) is 10.7. The zero-order valence-electron chi connectivity index (χ0n) is 18.7. The van der Waals surface area contributed by atoms with Crippen LogP contribution in [0.15, 0.2) is 35.5 Å². The maximum absolute atomic E-state index is 13.0. The summed E-state index contributed by atoms with van der Waals surface area (Å²) in [5.74, 6) is 0.753. The lowest BCUT2D eigenvalue weighted by Gasteiger charge is -2.38. The van der Waals surface area contributed by atoms with Gasteiger partial charge in [-0.25, -0.2) is 8.42 Å². The molecule has 3 rings (SSSR count). The number of benzene rings is 1. The van der Waals surface area contributed by atoms with Gasteiger partial charge in [-0.1, -0.05) is 44.1 Å². The highest BCUT2D eigenvalue weighted by Gasteiger charge is 2.38. The number of para-hydroxylation sites is 1. The number of nitrogens with zero attached hydrogens (tertiary/aromatic N) is 4. The summed E-state index contributed by atoms with van der Waals surface area (Å²) in [5.41, 5.74) is 0.646. The largest absolute Gasteiger partial charge is 0.417 e. The highest BCUT2D eigenvalue weighted by atomic mass is 32.2. The molecular formula is C21H34N4O3SSi. The molecule has 1 fully saturated rings. The summed E-state index contributed by atoms with van der Waals surface area (Å²) in [7, 11) is -5.31. The van der Waals surface area contributed by atoms with Gasteiger partial charge in [0.15, 0.2) is 8.32 Å². The van der Waals surface area contributed by atoms with Crippen molar-refractivity contribution in [3.05, 3.63) is 30.3 Å². The Morgan fingerprint density at radius 2 is 1.67 bits per heavy atom. The molecule has 166 valence electrons. The van der Waals surface area contributed by atoms with E-state index in [1.54, 1.807) is 12.1 Å². The summed E-state index contributed by atoms with van der Waals surface area (Å²) < 4.78 is 33.7. The predicted molar refractivity (Wildman–Crippen MR) is 120 cm³/mol. The fourth-order valence-corrected chi connectivity index (χ4v) is 6.35. The fourth-order valence-electron chi connectivity index (χ4n) is 3.60. The Balaban J connectivity index is 1.57. The summed E-state index contributed by atoms with van der Waals surface area (Å²) in [6.07, 6.45) is 3.83. The maximum atomic E-state index is 13.0. The number of tetrazole rings is 1. The van der Waals surface area contributed by atoms with Crippen LogP contribution in [0.3, 0.4) is 0 Å². The number of hydrogen-bond donors (Lipinski definition) is 0. The molecule has 1 aliphatic rings. The van der Waals surface area contributed by atoms with Crippen molar-refractivity contribution in [2.75, 3.05) is 12.4 Å². The summed E-state index contributed by atoms with van der Waals surface area (Å²) in [6.45, 7) is 12.1. The van der Waals surface area contributed by atoms with Crippen LogP contribution in [0.2, 0.25) is 18.1 Å². The quantitative estimate of drug-likeness (QED) is 0.586. The molecule has 0 aliphatic heterocycles. The second kappa shape index (κ2) is 8.88. The van der Waals surface area contributed by atoms with Crippen LogP contribution in [0.4, 0.5) is 0 Å². The van der Waals surface area contributed by atoms with Gasteiger partial charge in [-0.2, -0.15) is 4.68 Å². The van der Waals surface area contributed by atoms with Crippen molar-refractivity contribution in [2.45, 2.75) is 69.7 Å². The van der Waals surface area contributed by atoms with E-state index in [2.05, 4.69) is 49.4 Å². The Labute approximate surface area is 181 Å². The molecule has 2 aromatic rings. The molecule has 1 heterocycles. The van der Waals surface area contributed by atoms with Crippen molar-refractivity contribution in [1.82, 2.24) is 20.2 Å². The average molecular weight is 451 g/mol. The van der Waals surface area contributed by atoms with Crippen LogP contribution in [0.1, 0.15) is 46.5 Å². The smallest absolute Gasteiger partial charge is 0.272 e. The minimum absolute atomic E-state index is 0.0721. The zero-order valence-corrected chi connectivity index (χ0v) is 20.5. The van der Waals surface area contributed by atoms with Crippen molar-refractivity contribution in [1.29, 1.82) is 0 Å². The lowest BCUT2D eigenvalue weighted by molar-refractivity contribution is 0.176. The van der Waals surface area contributed by atoms with Crippen LogP contribution in [0, 0.1) is 11.8 Å². The Morgan fingerprint density at radius 3 is 2.27 bits per heavy atom. The molecule has 1 aliphatic carbocycles. The third-order valence-corrected chi connectivity index (χ3v) is 12.8. The van der Waals surface area contributed by atoms with Gasteiger partial charge in [0.25, 0.3) is 5.16 Å². The molecule has 0 unspecified atom stereocenters. The van der Waals surface area contributed by atoms with E-state index < -0.39 is 18.2 Å². The molecule has 9 heteroatoms. The van der Waals surface area contributed by atoms with Crippen LogP contribution in [0.5, 0.6) is 0 Å². The van der Waals surface area contributed by atoms with Gasteiger partial charge in [0.2, 0.25) is 9.84 Å². The van der Waals surface area contributed by atoms with E-state index in [4.69, 9.17) is 4.43 Å². The molecule has 0 saturated heterocycles. The standard InChI is InChI=1S/C21H34N4O3SSi/c1-21(2,3)30(4,5)28-15-17-11-13-18(14-12-17)16-29(26,27)20-22-23-24-25(20)19-9-7-6-8-10-19/h6-10,17-18H,11-16H2,1-5H3. The highest BCUT2D eigenvalue weighted by Crippen LogP contribution is 2.38. The van der Waals surface area contributed by atoms with Gasteiger partial charge in [0, 0.05) is 6.61 Å². The lowest BCUT2D eigenvalue weighted by Crippen LogP contribution is -2.42. The Kier molecular flexibility index (Phi) is 6.83. The minimum atomic E-state index is -3.57. The van der Waals surface area contributed by atoms with Gasteiger partial charge in [0.05, 0.1) is 11.4 Å². The summed E-state index contributed by atoms with van der Waals surface area (Å²) in [6, 6.07) is 9.13. The van der Waals surface area contributed by atoms with Crippen molar-refractivity contribution in [3.8, 4) is 5.69 Å². The third-order valence-electron chi connectivity index (χ3n) is 6.63. The summed E-state index contributed by atoms with van der Waals surface area (Å²) in [4.78, 5) is 0. The number of aromatic nitrogens is 4. The van der Waals surface area contributed by atoms with E-state index in [1.807, 2.05) is 18.2 Å². The van der Waals surface area contributed by atoms with E-state index in [-0.39, 0.29) is 21.9 Å². The molecule has 0 atom stereocenters. The first-order valence-corrected chi connectivity index (χ1v) is 15.3. The molecule has 1 saturated carbocycles. The zero-order chi connectivity index (χ0) is 22.0. The van der Waals surface area contributed by atoms with Crippen LogP contribution in [-0.4, -0.2) is 49.3 Å². The number of hydrogen-bond acceptors (Lipinski definition) is 6. The summed E-state index contributed by atoms with van der Waals surface area (Å²) in [5, 5.41) is 11.5. The molecule has 0 amide bonds. The van der Waals surface area contributed by atoms with Gasteiger partial charge in [-0.15, -0.1) is 0 Å². The van der Waals surface area contributed by atoms with E-state index in [1.165, 1.54) is 4.68 Å². The predicted octanol–water partition coefficient (Wildman–Crippen LogP) is 4.26. The van der Waals surface area contributed by atoms with E-state index >= 15 is 0 Å². The molecule has 0 N–H and O–H groups in total. The topological polar surface area (TPSA) is 87.0 Å². The van der Waals surface area contributed by atoms with Gasteiger partial charge in [-0.3, -0.25) is 0 Å². The monoisotopic (exact) mass is 450 g/mol. The second-order valence-corrected chi connectivity index (χ2v) is 16.7. The lowest BCUT2D eigenvalue weighted by atomic mass is 9.83. The first kappa shape index (κ1) is 23.1. The normalized spacial score (nSPS) is 21.0. The Bertz CT molecular complexity index is 931. The summed E-state index contributed by atoms with van der Waals surface area (Å²) >= 11 is 0.